The number of carbonyl (C=O) groups excluding carboxylic acids is 1. The number of nitriles is 1. The molecule has 1 fully saturated rings. The van der Waals surface area contributed by atoms with Crippen molar-refractivity contribution in [3.8, 4) is 11.8 Å². The number of amides is 1. The van der Waals surface area contributed by atoms with Gasteiger partial charge in [-0.05, 0) is 37.3 Å². The molecule has 29 heavy (non-hydrogen) atoms. The third kappa shape index (κ3) is 5.94. The fraction of sp³-hybridized carbons (Fsp3) is 0.364. The number of rotatable bonds is 7. The van der Waals surface area contributed by atoms with E-state index < -0.39 is 0 Å². The number of para-hydroxylation sites is 1. The summed E-state index contributed by atoms with van der Waals surface area (Å²) in [5, 5.41) is 12.5. The van der Waals surface area contributed by atoms with Gasteiger partial charge in [0, 0.05) is 38.4 Å². The zero-order chi connectivity index (χ0) is 20.6. The maximum atomic E-state index is 12.6. The van der Waals surface area contributed by atoms with E-state index in [-0.39, 0.29) is 11.9 Å². The molecule has 1 saturated heterocycles. The zero-order valence-corrected chi connectivity index (χ0v) is 17.2. The number of benzene rings is 2. The van der Waals surface area contributed by atoms with Gasteiger partial charge in [0.05, 0.1) is 22.7 Å². The molecular formula is C22H25ClN4O2. The summed E-state index contributed by atoms with van der Waals surface area (Å²) in [4.78, 5) is 17.1. The molecule has 1 unspecified atom stereocenters. The molecule has 0 spiro atoms. The molecule has 6 nitrogen and oxygen atoms in total. The lowest BCUT2D eigenvalue weighted by atomic mass is 10.2. The van der Waals surface area contributed by atoms with Crippen LogP contribution in [0.25, 0.3) is 0 Å². The van der Waals surface area contributed by atoms with Crippen LogP contribution in [0.15, 0.2) is 48.5 Å². The third-order valence-corrected chi connectivity index (χ3v) is 5.41. The normalized spacial score (nSPS) is 16.0. The molecule has 1 aliphatic heterocycles. The van der Waals surface area contributed by atoms with E-state index in [0.717, 1.165) is 32.7 Å². The van der Waals surface area contributed by atoms with Crippen LogP contribution in [0.2, 0.25) is 5.02 Å². The Morgan fingerprint density at radius 3 is 2.69 bits per heavy atom. The smallest absolute Gasteiger partial charge is 0.241 e. The van der Waals surface area contributed by atoms with Crippen LogP contribution in [0, 0.1) is 11.3 Å². The standard InChI is InChI=1S/C22H25ClN4O2/c1-17(22(28)25-19-6-4-5-18(15-19)16-24)27-11-9-26(10-12-27)13-14-29-21-8-3-2-7-20(21)23/h2-8,15,17H,9-14H2,1H3,(H,25,28). The van der Waals surface area contributed by atoms with E-state index in [2.05, 4.69) is 21.2 Å². The molecule has 2 aromatic carbocycles. The largest absolute Gasteiger partial charge is 0.491 e. The van der Waals surface area contributed by atoms with Crippen LogP contribution in [0.1, 0.15) is 12.5 Å². The van der Waals surface area contributed by atoms with E-state index in [4.69, 9.17) is 21.6 Å². The minimum atomic E-state index is -0.234. The highest BCUT2D eigenvalue weighted by atomic mass is 35.5. The van der Waals surface area contributed by atoms with E-state index in [0.29, 0.717) is 28.6 Å². The maximum Gasteiger partial charge on any atom is 0.241 e. The van der Waals surface area contributed by atoms with Crippen molar-refractivity contribution < 1.29 is 9.53 Å². The Hall–Kier alpha value is -2.59. The Morgan fingerprint density at radius 2 is 1.97 bits per heavy atom. The molecule has 0 saturated carbocycles. The monoisotopic (exact) mass is 412 g/mol. The minimum Gasteiger partial charge on any atom is -0.491 e. The van der Waals surface area contributed by atoms with E-state index in [1.54, 1.807) is 24.3 Å². The summed E-state index contributed by atoms with van der Waals surface area (Å²) >= 11 is 6.11. The second-order valence-electron chi connectivity index (χ2n) is 7.01. The first-order valence-corrected chi connectivity index (χ1v) is 10.1. The summed E-state index contributed by atoms with van der Waals surface area (Å²) in [6.07, 6.45) is 0. The van der Waals surface area contributed by atoms with Crippen LogP contribution in [0.3, 0.4) is 0 Å². The second kappa shape index (κ2) is 10.3. The minimum absolute atomic E-state index is 0.0596. The van der Waals surface area contributed by atoms with E-state index in [1.165, 1.54) is 0 Å². The van der Waals surface area contributed by atoms with Gasteiger partial charge in [-0.25, -0.2) is 0 Å². The predicted octanol–water partition coefficient (Wildman–Crippen LogP) is 3.24. The van der Waals surface area contributed by atoms with Crippen molar-refractivity contribution in [2.75, 3.05) is 44.6 Å². The number of hydrogen-bond acceptors (Lipinski definition) is 5. The van der Waals surface area contributed by atoms with Gasteiger partial charge < -0.3 is 10.1 Å². The highest BCUT2D eigenvalue weighted by molar-refractivity contribution is 6.32. The van der Waals surface area contributed by atoms with Crippen LogP contribution in [0.4, 0.5) is 5.69 Å². The van der Waals surface area contributed by atoms with Crippen LogP contribution in [-0.2, 0) is 4.79 Å². The Labute approximate surface area is 176 Å². The van der Waals surface area contributed by atoms with Gasteiger partial charge in [-0.3, -0.25) is 14.6 Å². The van der Waals surface area contributed by atoms with E-state index >= 15 is 0 Å². The molecule has 3 rings (SSSR count). The third-order valence-electron chi connectivity index (χ3n) is 5.09. The number of ether oxygens (including phenoxy) is 1. The summed E-state index contributed by atoms with van der Waals surface area (Å²) < 4.78 is 5.76. The number of piperazine rings is 1. The Morgan fingerprint density at radius 1 is 1.21 bits per heavy atom. The average molecular weight is 413 g/mol. The van der Waals surface area contributed by atoms with Gasteiger partial charge in [-0.1, -0.05) is 29.8 Å². The van der Waals surface area contributed by atoms with Crippen molar-refractivity contribution in [1.29, 1.82) is 5.26 Å². The Bertz CT molecular complexity index is 875. The summed E-state index contributed by atoms with van der Waals surface area (Å²) in [7, 11) is 0. The van der Waals surface area contributed by atoms with Crippen molar-refractivity contribution in [3.05, 3.63) is 59.1 Å². The highest BCUT2D eigenvalue weighted by Crippen LogP contribution is 2.23. The van der Waals surface area contributed by atoms with Crippen molar-refractivity contribution in [2.45, 2.75) is 13.0 Å². The van der Waals surface area contributed by atoms with Crippen LogP contribution < -0.4 is 10.1 Å². The first-order valence-electron chi connectivity index (χ1n) is 9.71. The number of carbonyl (C=O) groups is 1. The lowest BCUT2D eigenvalue weighted by Crippen LogP contribution is -2.53. The molecule has 1 aliphatic rings. The molecule has 1 N–H and O–H groups in total. The first kappa shape index (κ1) is 21.1. The predicted molar refractivity (Wildman–Crippen MR) is 114 cm³/mol. The lowest BCUT2D eigenvalue weighted by molar-refractivity contribution is -0.121. The number of nitrogens with zero attached hydrogens (tertiary/aromatic N) is 3. The van der Waals surface area contributed by atoms with Crippen LogP contribution in [-0.4, -0.2) is 61.1 Å². The van der Waals surface area contributed by atoms with Crippen molar-refractivity contribution in [1.82, 2.24) is 9.80 Å². The number of nitrogens with one attached hydrogen (secondary N) is 1. The van der Waals surface area contributed by atoms with Gasteiger partial charge in [0.2, 0.25) is 5.91 Å². The fourth-order valence-electron chi connectivity index (χ4n) is 3.30. The molecule has 7 heteroatoms. The molecule has 1 amide bonds. The summed E-state index contributed by atoms with van der Waals surface area (Å²) in [6.45, 7) is 6.72. The molecule has 152 valence electrons. The zero-order valence-electron chi connectivity index (χ0n) is 16.5. The van der Waals surface area contributed by atoms with Gasteiger partial charge in [0.1, 0.15) is 12.4 Å². The van der Waals surface area contributed by atoms with Gasteiger partial charge >= 0.3 is 0 Å². The van der Waals surface area contributed by atoms with Gasteiger partial charge in [0.25, 0.3) is 0 Å². The molecule has 2 aromatic rings. The number of hydrogen-bond donors (Lipinski definition) is 1. The molecule has 1 heterocycles. The molecular weight excluding hydrogens is 388 g/mol. The van der Waals surface area contributed by atoms with Gasteiger partial charge in [-0.2, -0.15) is 5.26 Å². The van der Waals surface area contributed by atoms with Gasteiger partial charge in [0.15, 0.2) is 0 Å². The van der Waals surface area contributed by atoms with E-state index in [1.807, 2.05) is 31.2 Å². The topological polar surface area (TPSA) is 68.6 Å². The van der Waals surface area contributed by atoms with Crippen molar-refractivity contribution in [2.24, 2.45) is 0 Å². The summed E-state index contributed by atoms with van der Waals surface area (Å²) in [5.74, 6) is 0.647. The van der Waals surface area contributed by atoms with Gasteiger partial charge in [-0.15, -0.1) is 0 Å². The average Bonchev–Trinajstić information content (AvgIpc) is 2.75. The van der Waals surface area contributed by atoms with Crippen molar-refractivity contribution in [3.63, 3.8) is 0 Å². The number of anilines is 1. The molecule has 1 atom stereocenters. The molecule has 0 aliphatic carbocycles. The quantitative estimate of drug-likeness (QED) is 0.756. The molecule has 0 aromatic heterocycles. The SMILES string of the molecule is CC(C(=O)Nc1cccc(C#N)c1)N1CCN(CCOc2ccccc2Cl)CC1. The number of halogens is 1. The summed E-state index contributed by atoms with van der Waals surface area (Å²) in [6, 6.07) is 16.3. The molecule has 0 bridgehead atoms. The van der Waals surface area contributed by atoms with Crippen LogP contribution >= 0.6 is 11.6 Å². The highest BCUT2D eigenvalue weighted by Gasteiger charge is 2.25. The first-order chi connectivity index (χ1) is 14.1. The summed E-state index contributed by atoms with van der Waals surface area (Å²) in [5.41, 5.74) is 1.18. The van der Waals surface area contributed by atoms with E-state index in [9.17, 15) is 4.79 Å². The van der Waals surface area contributed by atoms with Crippen LogP contribution in [0.5, 0.6) is 5.75 Å². The lowest BCUT2D eigenvalue weighted by Gasteiger charge is -2.37. The fourth-order valence-corrected chi connectivity index (χ4v) is 3.49. The Balaban J connectivity index is 1.41. The molecule has 0 radical (unpaired) electrons. The Kier molecular flexibility index (Phi) is 7.48. The van der Waals surface area contributed by atoms with Crippen molar-refractivity contribution >= 4 is 23.2 Å². The maximum absolute atomic E-state index is 12.6. The second-order valence-corrected chi connectivity index (χ2v) is 7.42.